The molecule has 4 aliphatic rings. The minimum atomic E-state index is -1.17. The van der Waals surface area contributed by atoms with Crippen LogP contribution in [-0.2, 0) is 6.54 Å². The Hall–Kier alpha value is -3.93. The van der Waals surface area contributed by atoms with Gasteiger partial charge in [0.25, 0.3) is 5.56 Å². The molecule has 7 rings (SSSR count). The molecule has 1 aromatic carbocycles. The molecular weight excluding hydrogens is 538 g/mol. The van der Waals surface area contributed by atoms with E-state index >= 15 is 0 Å². The lowest BCUT2D eigenvalue weighted by Gasteiger charge is -2.53. The summed E-state index contributed by atoms with van der Waals surface area (Å²) in [6.45, 7) is 1.63. The number of piperidine rings is 1. The van der Waals surface area contributed by atoms with E-state index < -0.39 is 23.2 Å². The Kier molecular flexibility index (Phi) is 6.48. The number of aromatic nitrogens is 4. The van der Waals surface area contributed by atoms with E-state index in [0.717, 1.165) is 44.1 Å². The van der Waals surface area contributed by atoms with Gasteiger partial charge in [0, 0.05) is 38.1 Å². The SMILES string of the molecule is O=C(O)N1CCN(C(=O)N2CCC(O)(Cn3cnc4c(cnn4C4CC4)c3=O)C3(CCCC3)C2)[C@H](c2ccccc2)C1. The van der Waals surface area contributed by atoms with Crippen molar-refractivity contribution >= 4 is 23.2 Å². The standard InChI is InChI=1S/C30H37N7O5/c38-26-23-16-32-37(22-8-9-22)25(23)31-20-35(26)19-30(42)12-13-34(18-29(30)10-4-5-11-29)27(39)36-15-14-33(28(40)41)17-24(36)21-6-2-1-3-7-21/h1-3,6-7,16,20,22,24,42H,4-5,8-15,17-19H2,(H,40,41)/t24-,30?/m0/s1. The van der Waals surface area contributed by atoms with Gasteiger partial charge in [0.05, 0.1) is 30.4 Å². The Morgan fingerprint density at radius 1 is 1.00 bits per heavy atom. The quantitative estimate of drug-likeness (QED) is 0.488. The number of nitrogens with zero attached hydrogens (tertiary/aromatic N) is 7. The van der Waals surface area contributed by atoms with Crippen molar-refractivity contribution < 1.29 is 19.8 Å². The largest absolute Gasteiger partial charge is 0.465 e. The molecule has 2 aliphatic carbocycles. The molecule has 2 saturated heterocycles. The highest BCUT2D eigenvalue weighted by atomic mass is 16.4. The van der Waals surface area contributed by atoms with Crippen LogP contribution in [0.2, 0.25) is 0 Å². The lowest BCUT2D eigenvalue weighted by Crippen LogP contribution is -2.64. The van der Waals surface area contributed by atoms with Gasteiger partial charge in [0.1, 0.15) is 11.7 Å². The normalized spacial score (nSPS) is 25.8. The minimum absolute atomic E-state index is 0.120. The van der Waals surface area contributed by atoms with Crippen LogP contribution in [0.3, 0.4) is 0 Å². The molecule has 2 saturated carbocycles. The van der Waals surface area contributed by atoms with Crippen LogP contribution < -0.4 is 5.56 Å². The van der Waals surface area contributed by atoms with Gasteiger partial charge in [-0.15, -0.1) is 0 Å². The van der Waals surface area contributed by atoms with Gasteiger partial charge in [-0.1, -0.05) is 43.2 Å². The summed E-state index contributed by atoms with van der Waals surface area (Å²) in [6, 6.07) is 9.36. The number of urea groups is 1. The lowest BCUT2D eigenvalue weighted by atomic mass is 9.66. The van der Waals surface area contributed by atoms with Gasteiger partial charge >= 0.3 is 12.1 Å². The Morgan fingerprint density at radius 2 is 1.76 bits per heavy atom. The fourth-order valence-corrected chi connectivity index (χ4v) is 7.54. The predicted molar refractivity (Wildman–Crippen MR) is 153 cm³/mol. The summed E-state index contributed by atoms with van der Waals surface area (Å²) in [6.07, 6.45) is 8.01. The van der Waals surface area contributed by atoms with Crippen molar-refractivity contribution in [3.05, 3.63) is 58.8 Å². The first-order valence-corrected chi connectivity index (χ1v) is 15.0. The van der Waals surface area contributed by atoms with Gasteiger partial charge in [-0.3, -0.25) is 9.36 Å². The molecule has 3 aromatic rings. The molecule has 12 nitrogen and oxygen atoms in total. The number of carbonyl (C=O) groups excluding carboxylic acids is 1. The summed E-state index contributed by atoms with van der Waals surface area (Å²) >= 11 is 0. The van der Waals surface area contributed by atoms with Crippen LogP contribution in [0, 0.1) is 5.41 Å². The van der Waals surface area contributed by atoms with Crippen LogP contribution >= 0.6 is 0 Å². The van der Waals surface area contributed by atoms with Gasteiger partial charge in [0.2, 0.25) is 0 Å². The first kappa shape index (κ1) is 26.9. The average molecular weight is 576 g/mol. The predicted octanol–water partition coefficient (Wildman–Crippen LogP) is 3.08. The van der Waals surface area contributed by atoms with Crippen LogP contribution in [0.25, 0.3) is 11.0 Å². The summed E-state index contributed by atoms with van der Waals surface area (Å²) in [4.78, 5) is 48.9. The Morgan fingerprint density at radius 3 is 2.48 bits per heavy atom. The monoisotopic (exact) mass is 575 g/mol. The van der Waals surface area contributed by atoms with Crippen molar-refractivity contribution in [3.8, 4) is 0 Å². The molecule has 1 spiro atoms. The number of hydrogen-bond donors (Lipinski definition) is 2. The van der Waals surface area contributed by atoms with E-state index in [0.29, 0.717) is 43.1 Å². The maximum Gasteiger partial charge on any atom is 0.407 e. The minimum Gasteiger partial charge on any atom is -0.465 e. The zero-order valence-electron chi connectivity index (χ0n) is 23.6. The molecule has 2 aliphatic heterocycles. The van der Waals surface area contributed by atoms with Crippen LogP contribution in [-0.4, -0.2) is 94.7 Å². The van der Waals surface area contributed by atoms with Crippen molar-refractivity contribution in [1.82, 2.24) is 34.0 Å². The first-order valence-electron chi connectivity index (χ1n) is 15.0. The number of hydrogen-bond acceptors (Lipinski definition) is 6. The molecule has 0 radical (unpaired) electrons. The maximum atomic E-state index is 14.1. The summed E-state index contributed by atoms with van der Waals surface area (Å²) in [5.74, 6) is 0. The Balaban J connectivity index is 1.14. The van der Waals surface area contributed by atoms with Crippen molar-refractivity contribution in [1.29, 1.82) is 0 Å². The zero-order chi connectivity index (χ0) is 29.1. The number of amides is 3. The van der Waals surface area contributed by atoms with Crippen LogP contribution in [0.15, 0.2) is 47.7 Å². The van der Waals surface area contributed by atoms with E-state index in [1.807, 2.05) is 39.9 Å². The third-order valence-corrected chi connectivity index (χ3v) is 10.1. The molecule has 0 bridgehead atoms. The number of piperazine rings is 1. The highest BCUT2D eigenvalue weighted by molar-refractivity contribution is 5.76. The highest BCUT2D eigenvalue weighted by Crippen LogP contribution is 2.52. The number of benzene rings is 1. The zero-order valence-corrected chi connectivity index (χ0v) is 23.6. The van der Waals surface area contributed by atoms with E-state index in [-0.39, 0.29) is 31.2 Å². The molecular formula is C30H37N7O5. The van der Waals surface area contributed by atoms with Gasteiger partial charge < -0.3 is 24.9 Å². The van der Waals surface area contributed by atoms with Gasteiger partial charge in [-0.2, -0.15) is 5.10 Å². The molecule has 3 amide bonds. The van der Waals surface area contributed by atoms with Crippen molar-refractivity contribution in [2.75, 3.05) is 32.7 Å². The average Bonchev–Trinajstić information content (AvgIpc) is 3.57. The van der Waals surface area contributed by atoms with Crippen LogP contribution in [0.4, 0.5) is 9.59 Å². The summed E-state index contributed by atoms with van der Waals surface area (Å²) in [5.41, 5.74) is -0.425. The second-order valence-electron chi connectivity index (χ2n) is 12.6. The van der Waals surface area contributed by atoms with E-state index in [4.69, 9.17) is 0 Å². The lowest BCUT2D eigenvalue weighted by molar-refractivity contribution is -0.137. The number of carbonyl (C=O) groups is 2. The molecule has 1 unspecified atom stereocenters. The number of rotatable bonds is 4. The van der Waals surface area contributed by atoms with Crippen molar-refractivity contribution in [2.45, 2.75) is 69.2 Å². The molecule has 42 heavy (non-hydrogen) atoms. The first-order chi connectivity index (χ1) is 20.3. The second-order valence-corrected chi connectivity index (χ2v) is 12.6. The number of likely N-dealkylation sites (tertiary alicyclic amines) is 1. The van der Waals surface area contributed by atoms with Crippen molar-refractivity contribution in [2.24, 2.45) is 5.41 Å². The molecule has 222 valence electrons. The summed E-state index contributed by atoms with van der Waals surface area (Å²) in [5, 5.41) is 26.8. The van der Waals surface area contributed by atoms with Crippen LogP contribution in [0.1, 0.15) is 62.6 Å². The molecule has 12 heteroatoms. The van der Waals surface area contributed by atoms with Gasteiger partial charge in [-0.25, -0.2) is 19.3 Å². The Bertz CT molecular complexity index is 1560. The van der Waals surface area contributed by atoms with E-state index in [1.165, 1.54) is 15.8 Å². The number of fused-ring (bicyclic) bond motifs is 1. The molecule has 4 heterocycles. The van der Waals surface area contributed by atoms with Gasteiger partial charge in [0.15, 0.2) is 5.65 Å². The molecule has 2 atom stereocenters. The second kappa shape index (κ2) is 10.1. The fraction of sp³-hybridized carbons (Fsp3) is 0.567. The number of aliphatic hydroxyl groups is 1. The van der Waals surface area contributed by atoms with Crippen molar-refractivity contribution in [3.63, 3.8) is 0 Å². The Labute approximate surface area is 243 Å². The summed E-state index contributed by atoms with van der Waals surface area (Å²) < 4.78 is 3.35. The highest BCUT2D eigenvalue weighted by Gasteiger charge is 2.56. The molecule has 2 N–H and O–H groups in total. The smallest absolute Gasteiger partial charge is 0.407 e. The topological polar surface area (TPSA) is 137 Å². The van der Waals surface area contributed by atoms with Gasteiger partial charge in [-0.05, 0) is 37.7 Å². The maximum absolute atomic E-state index is 14.1. The van der Waals surface area contributed by atoms with E-state index in [1.54, 1.807) is 11.1 Å². The number of carboxylic acid groups (broad SMARTS) is 1. The third-order valence-electron chi connectivity index (χ3n) is 10.1. The van der Waals surface area contributed by atoms with E-state index in [9.17, 15) is 24.6 Å². The van der Waals surface area contributed by atoms with E-state index in [2.05, 4.69) is 10.1 Å². The van der Waals surface area contributed by atoms with Crippen LogP contribution in [0.5, 0.6) is 0 Å². The molecule has 2 aromatic heterocycles. The third kappa shape index (κ3) is 4.43. The summed E-state index contributed by atoms with van der Waals surface area (Å²) in [7, 11) is 0. The molecule has 4 fully saturated rings. The fourth-order valence-electron chi connectivity index (χ4n) is 7.54.